The van der Waals surface area contributed by atoms with Gasteiger partial charge in [0.15, 0.2) is 6.10 Å². The van der Waals surface area contributed by atoms with E-state index in [1.165, 1.54) is 6.92 Å². The first kappa shape index (κ1) is 7.54. The van der Waals surface area contributed by atoms with E-state index in [1.807, 2.05) is 0 Å². The Balaban J connectivity index is 1.83. The zero-order valence-electron chi connectivity index (χ0n) is 6.57. The SMILES string of the molecule is CC(=O)OC[C@H]1NC(=O)[C@@H]2O[C@H]12. The summed E-state index contributed by atoms with van der Waals surface area (Å²) in [5, 5.41) is 2.67. The van der Waals surface area contributed by atoms with Gasteiger partial charge < -0.3 is 14.8 Å². The highest BCUT2D eigenvalue weighted by atomic mass is 16.6. The van der Waals surface area contributed by atoms with Gasteiger partial charge in [0, 0.05) is 6.92 Å². The zero-order valence-corrected chi connectivity index (χ0v) is 6.57. The van der Waals surface area contributed by atoms with Crippen molar-refractivity contribution in [2.24, 2.45) is 0 Å². The number of ether oxygens (including phenoxy) is 2. The molecular weight excluding hydrogens is 162 g/mol. The predicted octanol–water partition coefficient (Wildman–Crippen LogP) is -1.18. The van der Waals surface area contributed by atoms with Crippen LogP contribution in [-0.4, -0.2) is 36.7 Å². The van der Waals surface area contributed by atoms with E-state index in [-0.39, 0.29) is 36.7 Å². The second-order valence-electron chi connectivity index (χ2n) is 2.94. The molecule has 0 bridgehead atoms. The lowest BCUT2D eigenvalue weighted by molar-refractivity contribution is -0.142. The molecule has 2 rings (SSSR count). The van der Waals surface area contributed by atoms with Crippen LogP contribution in [0.15, 0.2) is 0 Å². The number of rotatable bonds is 2. The molecule has 5 nitrogen and oxygen atoms in total. The van der Waals surface area contributed by atoms with Crippen molar-refractivity contribution in [1.29, 1.82) is 0 Å². The second-order valence-corrected chi connectivity index (χ2v) is 2.94. The third-order valence-corrected chi connectivity index (χ3v) is 1.97. The van der Waals surface area contributed by atoms with Gasteiger partial charge in [-0.3, -0.25) is 9.59 Å². The standard InChI is InChI=1S/C7H9NO4/c1-3(9)11-2-4-5-6(12-5)7(10)8-4/h4-6H,2H2,1H3,(H,8,10)/t4-,5-,6-/m1/s1. The number of fused-ring (bicyclic) bond motifs is 1. The predicted molar refractivity (Wildman–Crippen MR) is 37.2 cm³/mol. The molecule has 5 heteroatoms. The molecule has 0 saturated carbocycles. The molecule has 2 heterocycles. The van der Waals surface area contributed by atoms with Gasteiger partial charge in [-0.1, -0.05) is 0 Å². The fraction of sp³-hybridized carbons (Fsp3) is 0.714. The maximum absolute atomic E-state index is 10.9. The van der Waals surface area contributed by atoms with E-state index in [0.717, 1.165) is 0 Å². The van der Waals surface area contributed by atoms with E-state index in [9.17, 15) is 9.59 Å². The summed E-state index contributed by atoms with van der Waals surface area (Å²) >= 11 is 0. The Morgan fingerprint density at radius 3 is 2.92 bits per heavy atom. The molecular formula is C7H9NO4. The molecule has 2 saturated heterocycles. The lowest BCUT2D eigenvalue weighted by atomic mass is 10.2. The minimum atomic E-state index is -0.339. The molecule has 0 aromatic carbocycles. The normalized spacial score (nSPS) is 37.1. The monoisotopic (exact) mass is 171 g/mol. The summed E-state index contributed by atoms with van der Waals surface area (Å²) in [6.45, 7) is 1.55. The highest BCUT2D eigenvalue weighted by molar-refractivity contribution is 5.87. The number of morpholine rings is 1. The topological polar surface area (TPSA) is 67.9 Å². The van der Waals surface area contributed by atoms with Crippen molar-refractivity contribution in [3.05, 3.63) is 0 Å². The lowest BCUT2D eigenvalue weighted by Gasteiger charge is -2.10. The van der Waals surface area contributed by atoms with E-state index in [2.05, 4.69) is 5.32 Å². The molecule has 66 valence electrons. The minimum absolute atomic E-state index is 0.0724. The molecule has 0 unspecified atom stereocenters. The van der Waals surface area contributed by atoms with Crippen LogP contribution in [-0.2, 0) is 19.1 Å². The molecule has 12 heavy (non-hydrogen) atoms. The maximum Gasteiger partial charge on any atom is 0.302 e. The highest BCUT2D eigenvalue weighted by Gasteiger charge is 2.56. The first-order valence-electron chi connectivity index (χ1n) is 3.77. The molecule has 2 fully saturated rings. The number of epoxide rings is 1. The quantitative estimate of drug-likeness (QED) is 0.419. The third kappa shape index (κ3) is 1.16. The third-order valence-electron chi connectivity index (χ3n) is 1.97. The molecule has 1 amide bonds. The van der Waals surface area contributed by atoms with E-state index in [4.69, 9.17) is 9.47 Å². The summed E-state index contributed by atoms with van der Waals surface area (Å²) in [6, 6.07) is -0.147. The molecule has 0 aliphatic carbocycles. The smallest absolute Gasteiger partial charge is 0.302 e. The van der Waals surface area contributed by atoms with Gasteiger partial charge in [0.25, 0.3) is 5.91 Å². The van der Waals surface area contributed by atoms with Crippen molar-refractivity contribution in [2.75, 3.05) is 6.61 Å². The fourth-order valence-electron chi connectivity index (χ4n) is 1.33. The molecule has 0 aromatic rings. The number of amides is 1. The largest absolute Gasteiger partial charge is 0.464 e. The Morgan fingerprint density at radius 2 is 2.50 bits per heavy atom. The van der Waals surface area contributed by atoms with Crippen molar-refractivity contribution in [1.82, 2.24) is 5.32 Å². The first-order chi connectivity index (χ1) is 5.68. The Labute approximate surface area is 69.0 Å². The molecule has 0 aromatic heterocycles. The summed E-state index contributed by atoms with van der Waals surface area (Å²) in [7, 11) is 0. The van der Waals surface area contributed by atoms with Gasteiger partial charge in [-0.25, -0.2) is 0 Å². The van der Waals surface area contributed by atoms with Crippen LogP contribution < -0.4 is 5.32 Å². The summed E-state index contributed by atoms with van der Waals surface area (Å²) in [5.74, 6) is -0.439. The Morgan fingerprint density at radius 1 is 1.75 bits per heavy atom. The van der Waals surface area contributed by atoms with Crippen molar-refractivity contribution in [3.8, 4) is 0 Å². The second kappa shape index (κ2) is 2.45. The summed E-state index contributed by atoms with van der Waals surface area (Å²) < 4.78 is 9.74. The van der Waals surface area contributed by atoms with Crippen LogP contribution in [0.3, 0.4) is 0 Å². The molecule has 2 aliphatic rings. The molecule has 0 spiro atoms. The van der Waals surface area contributed by atoms with Crippen LogP contribution in [0.25, 0.3) is 0 Å². The molecule has 1 N–H and O–H groups in total. The molecule has 0 radical (unpaired) electrons. The van der Waals surface area contributed by atoms with E-state index in [1.54, 1.807) is 0 Å². The van der Waals surface area contributed by atoms with Gasteiger partial charge >= 0.3 is 5.97 Å². The summed E-state index contributed by atoms with van der Waals surface area (Å²) in [6.07, 6.45) is -0.359. The average Bonchev–Trinajstić information content (AvgIpc) is 2.71. The molecule has 3 atom stereocenters. The van der Waals surface area contributed by atoms with Gasteiger partial charge in [-0.2, -0.15) is 0 Å². The molecule has 2 aliphatic heterocycles. The Hall–Kier alpha value is -1.10. The van der Waals surface area contributed by atoms with E-state index < -0.39 is 0 Å². The van der Waals surface area contributed by atoms with Crippen molar-refractivity contribution in [2.45, 2.75) is 25.2 Å². The number of hydrogen-bond acceptors (Lipinski definition) is 4. The van der Waals surface area contributed by atoms with Crippen LogP contribution in [0.5, 0.6) is 0 Å². The van der Waals surface area contributed by atoms with Gasteiger partial charge in [0.1, 0.15) is 12.7 Å². The van der Waals surface area contributed by atoms with Crippen LogP contribution in [0.1, 0.15) is 6.92 Å². The number of carbonyl (C=O) groups excluding carboxylic acids is 2. The van der Waals surface area contributed by atoms with Gasteiger partial charge in [0.2, 0.25) is 0 Å². The van der Waals surface area contributed by atoms with Crippen molar-refractivity contribution >= 4 is 11.9 Å². The van der Waals surface area contributed by atoms with Crippen LogP contribution in [0.2, 0.25) is 0 Å². The lowest BCUT2D eigenvalue weighted by Crippen LogP contribution is -2.36. The zero-order chi connectivity index (χ0) is 8.72. The number of nitrogens with one attached hydrogen (secondary N) is 1. The van der Waals surface area contributed by atoms with Crippen LogP contribution >= 0.6 is 0 Å². The van der Waals surface area contributed by atoms with E-state index >= 15 is 0 Å². The summed E-state index contributed by atoms with van der Waals surface area (Å²) in [4.78, 5) is 21.3. The van der Waals surface area contributed by atoms with Gasteiger partial charge in [-0.15, -0.1) is 0 Å². The average molecular weight is 171 g/mol. The van der Waals surface area contributed by atoms with Gasteiger partial charge in [-0.05, 0) is 0 Å². The number of esters is 1. The van der Waals surface area contributed by atoms with Gasteiger partial charge in [0.05, 0.1) is 6.04 Å². The van der Waals surface area contributed by atoms with E-state index in [0.29, 0.717) is 0 Å². The van der Waals surface area contributed by atoms with Crippen LogP contribution in [0, 0.1) is 0 Å². The van der Waals surface area contributed by atoms with Crippen molar-refractivity contribution < 1.29 is 19.1 Å². The Kier molecular flexibility index (Phi) is 1.54. The van der Waals surface area contributed by atoms with Crippen LogP contribution in [0.4, 0.5) is 0 Å². The fourth-order valence-corrected chi connectivity index (χ4v) is 1.33. The first-order valence-corrected chi connectivity index (χ1v) is 3.77. The number of carbonyl (C=O) groups is 2. The Bertz CT molecular complexity index is 240. The maximum atomic E-state index is 10.9. The van der Waals surface area contributed by atoms with Crippen molar-refractivity contribution in [3.63, 3.8) is 0 Å². The summed E-state index contributed by atoms with van der Waals surface area (Å²) in [5.41, 5.74) is 0. The highest BCUT2D eigenvalue weighted by Crippen LogP contribution is 2.31. The minimum Gasteiger partial charge on any atom is -0.464 e. The number of hydrogen-bond donors (Lipinski definition) is 1.